The maximum Gasteiger partial charge on any atom is 0.318 e. The molecule has 0 unspecified atom stereocenters. The summed E-state index contributed by atoms with van der Waals surface area (Å²) in [6.45, 7) is 0.423. The molecule has 0 aliphatic carbocycles. The van der Waals surface area contributed by atoms with E-state index >= 15 is 0 Å². The van der Waals surface area contributed by atoms with E-state index < -0.39 is 23.8 Å². The van der Waals surface area contributed by atoms with Crippen LogP contribution in [0.1, 0.15) is 12.8 Å². The van der Waals surface area contributed by atoms with Gasteiger partial charge in [0.25, 0.3) is 5.91 Å². The van der Waals surface area contributed by atoms with Gasteiger partial charge >= 0.3 is 11.8 Å². The first-order chi connectivity index (χ1) is 7.59. The minimum atomic E-state index is -0.850. The van der Waals surface area contributed by atoms with E-state index in [9.17, 15) is 19.2 Å². The maximum atomic E-state index is 11.8. The lowest BCUT2D eigenvalue weighted by atomic mass is 10.2. The van der Waals surface area contributed by atoms with Crippen LogP contribution in [0.3, 0.4) is 0 Å². The molecule has 86 valence electrons. The number of rotatable bonds is 1. The quantitative estimate of drug-likeness (QED) is 0.389. The van der Waals surface area contributed by atoms with Gasteiger partial charge in [0.1, 0.15) is 6.04 Å². The maximum absolute atomic E-state index is 11.8. The van der Waals surface area contributed by atoms with Crippen LogP contribution in [0.25, 0.3) is 0 Å². The molecule has 2 N–H and O–H groups in total. The predicted octanol–water partition coefficient (Wildman–Crippen LogP) is -2.25. The molecule has 7 heteroatoms. The minimum absolute atomic E-state index is 0.162. The summed E-state index contributed by atoms with van der Waals surface area (Å²) >= 11 is 0. The van der Waals surface area contributed by atoms with Gasteiger partial charge < -0.3 is 10.6 Å². The first-order valence-electron chi connectivity index (χ1n) is 5.02. The average Bonchev–Trinajstić information content (AvgIpc) is 2.68. The van der Waals surface area contributed by atoms with E-state index in [1.54, 1.807) is 0 Å². The summed E-state index contributed by atoms with van der Waals surface area (Å²) in [7, 11) is 0. The number of carbonyl (C=O) groups excluding carboxylic acids is 4. The smallest absolute Gasteiger partial charge is 0.318 e. The monoisotopic (exact) mass is 225 g/mol. The number of amides is 4. The van der Waals surface area contributed by atoms with Crippen LogP contribution in [0.4, 0.5) is 0 Å². The average molecular weight is 225 g/mol. The van der Waals surface area contributed by atoms with E-state index in [0.717, 1.165) is 4.90 Å². The Balaban J connectivity index is 2.06. The van der Waals surface area contributed by atoms with Gasteiger partial charge in [-0.2, -0.15) is 0 Å². The normalized spacial score (nSPS) is 25.4. The molecule has 2 saturated heterocycles. The minimum Gasteiger partial charge on any atom is -0.346 e. The third kappa shape index (κ3) is 1.75. The van der Waals surface area contributed by atoms with Crippen molar-refractivity contribution in [1.29, 1.82) is 0 Å². The zero-order chi connectivity index (χ0) is 11.7. The molecule has 0 saturated carbocycles. The van der Waals surface area contributed by atoms with Crippen molar-refractivity contribution < 1.29 is 19.2 Å². The lowest BCUT2D eigenvalue weighted by Crippen LogP contribution is -2.57. The standard InChI is InChI=1S/C9H11N3O4/c13-6-2-1-5(11-6)8(15)12-4-3-10-7(14)9(12)16/h5H,1-4H2,(H,10,14)(H,11,13)/t5-/m0/s1. The summed E-state index contributed by atoms with van der Waals surface area (Å²) in [5.41, 5.74) is 0. The van der Waals surface area contributed by atoms with Gasteiger partial charge in [-0.05, 0) is 6.42 Å². The molecule has 0 aromatic rings. The summed E-state index contributed by atoms with van der Waals surface area (Å²) in [5.74, 6) is -2.32. The van der Waals surface area contributed by atoms with Crippen LogP contribution >= 0.6 is 0 Å². The van der Waals surface area contributed by atoms with Crippen molar-refractivity contribution in [2.24, 2.45) is 0 Å². The zero-order valence-corrected chi connectivity index (χ0v) is 8.49. The molecule has 2 heterocycles. The summed E-state index contributed by atoms with van der Waals surface area (Å²) < 4.78 is 0. The molecule has 0 aromatic carbocycles. The van der Waals surface area contributed by atoms with Gasteiger partial charge in [0.05, 0.1) is 0 Å². The van der Waals surface area contributed by atoms with Gasteiger partial charge in [-0.25, -0.2) is 0 Å². The molecule has 4 amide bonds. The van der Waals surface area contributed by atoms with Crippen molar-refractivity contribution in [3.05, 3.63) is 0 Å². The van der Waals surface area contributed by atoms with Crippen LogP contribution in [0.5, 0.6) is 0 Å². The molecule has 2 aliphatic rings. The molecule has 0 spiro atoms. The first-order valence-corrected chi connectivity index (χ1v) is 5.02. The highest BCUT2D eigenvalue weighted by Gasteiger charge is 2.37. The Labute approximate surface area is 91.2 Å². The van der Waals surface area contributed by atoms with Gasteiger partial charge in [0.2, 0.25) is 5.91 Å². The number of nitrogens with one attached hydrogen (secondary N) is 2. The van der Waals surface area contributed by atoms with E-state index in [1.165, 1.54) is 0 Å². The molecular formula is C9H11N3O4. The van der Waals surface area contributed by atoms with Crippen LogP contribution in [-0.4, -0.2) is 47.7 Å². The third-order valence-corrected chi connectivity index (χ3v) is 2.62. The Bertz CT molecular complexity index is 379. The first kappa shape index (κ1) is 10.6. The van der Waals surface area contributed by atoms with Crippen LogP contribution in [-0.2, 0) is 19.2 Å². The highest BCUT2D eigenvalue weighted by molar-refractivity contribution is 6.38. The van der Waals surface area contributed by atoms with Crippen molar-refractivity contribution in [2.45, 2.75) is 18.9 Å². The summed E-state index contributed by atoms with van der Waals surface area (Å²) in [6.07, 6.45) is 0.660. The molecule has 2 fully saturated rings. The Hall–Kier alpha value is -1.92. The highest BCUT2D eigenvalue weighted by Crippen LogP contribution is 2.10. The molecule has 2 rings (SSSR count). The Kier molecular flexibility index (Phi) is 2.59. The van der Waals surface area contributed by atoms with E-state index in [0.29, 0.717) is 6.42 Å². The Morgan fingerprint density at radius 1 is 1.31 bits per heavy atom. The number of imide groups is 1. The van der Waals surface area contributed by atoms with E-state index in [1.807, 2.05) is 0 Å². The van der Waals surface area contributed by atoms with Crippen LogP contribution in [0, 0.1) is 0 Å². The fraction of sp³-hybridized carbons (Fsp3) is 0.556. The number of hydrogen-bond donors (Lipinski definition) is 2. The number of carbonyl (C=O) groups is 4. The molecule has 16 heavy (non-hydrogen) atoms. The molecule has 0 radical (unpaired) electrons. The van der Waals surface area contributed by atoms with Gasteiger partial charge in [0, 0.05) is 19.5 Å². The fourth-order valence-electron chi connectivity index (χ4n) is 1.78. The van der Waals surface area contributed by atoms with Gasteiger partial charge in [-0.3, -0.25) is 24.1 Å². The van der Waals surface area contributed by atoms with E-state index in [-0.39, 0.29) is 25.4 Å². The van der Waals surface area contributed by atoms with Crippen molar-refractivity contribution in [2.75, 3.05) is 13.1 Å². The van der Waals surface area contributed by atoms with Gasteiger partial charge in [-0.15, -0.1) is 0 Å². The molecule has 0 aromatic heterocycles. The SMILES string of the molecule is O=C1CC[C@@H](C(=O)N2CCNC(=O)C2=O)N1. The molecule has 0 bridgehead atoms. The largest absolute Gasteiger partial charge is 0.346 e. The third-order valence-electron chi connectivity index (χ3n) is 2.62. The topological polar surface area (TPSA) is 95.6 Å². The number of hydrogen-bond acceptors (Lipinski definition) is 4. The lowest BCUT2D eigenvalue weighted by Gasteiger charge is -2.26. The number of piperazine rings is 1. The predicted molar refractivity (Wildman–Crippen MR) is 50.9 cm³/mol. The van der Waals surface area contributed by atoms with E-state index in [2.05, 4.69) is 10.6 Å². The second-order valence-corrected chi connectivity index (χ2v) is 3.71. The van der Waals surface area contributed by atoms with E-state index in [4.69, 9.17) is 0 Å². The lowest BCUT2D eigenvalue weighted by molar-refractivity contribution is -0.155. The highest BCUT2D eigenvalue weighted by atomic mass is 16.2. The van der Waals surface area contributed by atoms with Crippen molar-refractivity contribution in [3.63, 3.8) is 0 Å². The molecule has 7 nitrogen and oxygen atoms in total. The molecular weight excluding hydrogens is 214 g/mol. The van der Waals surface area contributed by atoms with Crippen LogP contribution < -0.4 is 10.6 Å². The fourth-order valence-corrected chi connectivity index (χ4v) is 1.78. The zero-order valence-electron chi connectivity index (χ0n) is 8.49. The van der Waals surface area contributed by atoms with Gasteiger partial charge in [-0.1, -0.05) is 0 Å². The van der Waals surface area contributed by atoms with Gasteiger partial charge in [0.15, 0.2) is 0 Å². The van der Waals surface area contributed by atoms with Crippen molar-refractivity contribution in [3.8, 4) is 0 Å². The molecule has 1 atom stereocenters. The second kappa shape index (κ2) is 3.92. The van der Waals surface area contributed by atoms with Crippen LogP contribution in [0.2, 0.25) is 0 Å². The summed E-state index contributed by atoms with van der Waals surface area (Å²) in [6, 6.07) is -0.664. The van der Waals surface area contributed by atoms with Crippen molar-refractivity contribution >= 4 is 23.6 Å². The second-order valence-electron chi connectivity index (χ2n) is 3.71. The Morgan fingerprint density at radius 3 is 2.69 bits per heavy atom. The van der Waals surface area contributed by atoms with Crippen LogP contribution in [0.15, 0.2) is 0 Å². The van der Waals surface area contributed by atoms with Crippen molar-refractivity contribution in [1.82, 2.24) is 15.5 Å². The molecule has 2 aliphatic heterocycles. The number of nitrogens with zero attached hydrogens (tertiary/aromatic N) is 1. The summed E-state index contributed by atoms with van der Waals surface area (Å²) in [5, 5.41) is 4.82. The summed E-state index contributed by atoms with van der Waals surface area (Å²) in [4.78, 5) is 46.1. The Morgan fingerprint density at radius 2 is 2.06 bits per heavy atom.